The molecule has 0 bridgehead atoms. The summed E-state index contributed by atoms with van der Waals surface area (Å²) in [6, 6.07) is 2.20. The molecule has 1 saturated carbocycles. The summed E-state index contributed by atoms with van der Waals surface area (Å²) >= 11 is 3.47. The van der Waals surface area contributed by atoms with Crippen LogP contribution in [0.5, 0.6) is 0 Å². The maximum Gasteiger partial charge on any atom is 0.268 e. The predicted octanol–water partition coefficient (Wildman–Crippen LogP) is 4.36. The lowest BCUT2D eigenvalue weighted by atomic mass is 9.73. The van der Waals surface area contributed by atoms with Gasteiger partial charge in [-0.2, -0.15) is 0 Å². The Bertz CT molecular complexity index is 479. The van der Waals surface area contributed by atoms with Crippen LogP contribution in [0.25, 0.3) is 0 Å². The largest absolute Gasteiger partial charge is 0.347 e. The molecule has 1 amide bonds. The summed E-state index contributed by atoms with van der Waals surface area (Å²) in [6.07, 6.45) is 7.79. The molecular weight excluding hydrogens is 316 g/mol. The molecule has 0 radical (unpaired) electrons. The molecule has 1 N–H and O–H groups in total. The van der Waals surface area contributed by atoms with Gasteiger partial charge in [-0.05, 0) is 46.7 Å². The third kappa shape index (κ3) is 3.46. The van der Waals surface area contributed by atoms with Gasteiger partial charge in [0.05, 0.1) is 0 Å². The van der Waals surface area contributed by atoms with Crippen LogP contribution in [0.2, 0.25) is 0 Å². The van der Waals surface area contributed by atoms with Crippen LogP contribution in [0.3, 0.4) is 0 Å². The molecule has 3 nitrogen and oxygen atoms in total. The van der Waals surface area contributed by atoms with Gasteiger partial charge in [-0.1, -0.05) is 33.6 Å². The minimum absolute atomic E-state index is 0.0594. The Balaban J connectivity index is 2.11. The van der Waals surface area contributed by atoms with Crippen LogP contribution in [0.4, 0.5) is 0 Å². The van der Waals surface area contributed by atoms with Crippen molar-refractivity contribution in [3.8, 4) is 0 Å². The third-order valence-electron chi connectivity index (χ3n) is 4.37. The SMILES string of the molecule is CCCn1cc(Br)cc1C(=O)NC1CCCCC1(C)C. The summed E-state index contributed by atoms with van der Waals surface area (Å²) in [5.74, 6) is 0.0594. The number of carbonyl (C=O) groups excluding carboxylic acids is 1. The molecule has 1 unspecified atom stereocenters. The molecule has 1 atom stereocenters. The number of halogens is 1. The third-order valence-corrected chi connectivity index (χ3v) is 4.81. The topological polar surface area (TPSA) is 34.0 Å². The van der Waals surface area contributed by atoms with Gasteiger partial charge in [0.1, 0.15) is 5.69 Å². The maximum atomic E-state index is 12.6. The molecule has 0 aromatic carbocycles. The monoisotopic (exact) mass is 340 g/mol. The first-order valence-electron chi connectivity index (χ1n) is 7.60. The van der Waals surface area contributed by atoms with Crippen molar-refractivity contribution in [2.45, 2.75) is 65.5 Å². The molecule has 2 rings (SSSR count). The van der Waals surface area contributed by atoms with Crippen LogP contribution in [-0.2, 0) is 6.54 Å². The Morgan fingerprint density at radius 3 is 2.90 bits per heavy atom. The van der Waals surface area contributed by atoms with Crippen molar-refractivity contribution in [2.75, 3.05) is 0 Å². The molecule has 0 aliphatic heterocycles. The lowest BCUT2D eigenvalue weighted by molar-refractivity contribution is 0.0844. The first-order chi connectivity index (χ1) is 9.44. The lowest BCUT2D eigenvalue weighted by Crippen LogP contribution is -2.47. The van der Waals surface area contributed by atoms with E-state index in [-0.39, 0.29) is 17.4 Å². The fourth-order valence-electron chi connectivity index (χ4n) is 3.08. The molecular formula is C16H25BrN2O. The van der Waals surface area contributed by atoms with Crippen LogP contribution < -0.4 is 5.32 Å². The number of nitrogens with one attached hydrogen (secondary N) is 1. The molecule has 1 aliphatic rings. The smallest absolute Gasteiger partial charge is 0.268 e. The highest BCUT2D eigenvalue weighted by Gasteiger charge is 2.33. The molecule has 20 heavy (non-hydrogen) atoms. The number of aryl methyl sites for hydroxylation is 1. The number of nitrogens with zero attached hydrogens (tertiary/aromatic N) is 1. The quantitative estimate of drug-likeness (QED) is 0.867. The van der Waals surface area contributed by atoms with Crippen molar-refractivity contribution in [2.24, 2.45) is 5.41 Å². The normalized spacial score (nSPS) is 21.7. The summed E-state index contributed by atoms with van der Waals surface area (Å²) in [7, 11) is 0. The van der Waals surface area contributed by atoms with Gasteiger partial charge >= 0.3 is 0 Å². The van der Waals surface area contributed by atoms with Crippen molar-refractivity contribution in [3.05, 3.63) is 22.4 Å². The van der Waals surface area contributed by atoms with E-state index in [4.69, 9.17) is 0 Å². The highest BCUT2D eigenvalue weighted by Crippen LogP contribution is 2.35. The molecule has 112 valence electrons. The standard InChI is InChI=1S/C16H25BrN2O/c1-4-9-19-11-12(17)10-13(19)15(20)18-14-7-5-6-8-16(14,2)3/h10-11,14H,4-9H2,1-3H3,(H,18,20). The van der Waals surface area contributed by atoms with Gasteiger partial charge in [0.25, 0.3) is 5.91 Å². The van der Waals surface area contributed by atoms with Crippen LogP contribution in [0.1, 0.15) is 63.4 Å². The zero-order valence-corrected chi connectivity index (χ0v) is 14.3. The number of carbonyl (C=O) groups is 1. The molecule has 0 saturated heterocycles. The first-order valence-corrected chi connectivity index (χ1v) is 8.40. The number of hydrogen-bond donors (Lipinski definition) is 1. The van der Waals surface area contributed by atoms with Gasteiger partial charge in [0, 0.05) is 23.3 Å². The Hall–Kier alpha value is -0.770. The molecule has 1 aliphatic carbocycles. The minimum Gasteiger partial charge on any atom is -0.347 e. The van der Waals surface area contributed by atoms with Crippen LogP contribution in [-0.4, -0.2) is 16.5 Å². The van der Waals surface area contributed by atoms with Crippen LogP contribution in [0.15, 0.2) is 16.7 Å². The zero-order chi connectivity index (χ0) is 14.8. The average Bonchev–Trinajstić information content (AvgIpc) is 2.73. The van der Waals surface area contributed by atoms with E-state index in [9.17, 15) is 4.79 Å². The van der Waals surface area contributed by atoms with Gasteiger partial charge in [-0.15, -0.1) is 0 Å². The Morgan fingerprint density at radius 2 is 2.25 bits per heavy atom. The van der Waals surface area contributed by atoms with E-state index < -0.39 is 0 Å². The Labute approximate surface area is 130 Å². The van der Waals surface area contributed by atoms with E-state index in [1.807, 2.05) is 16.8 Å². The summed E-state index contributed by atoms with van der Waals surface area (Å²) < 4.78 is 3.01. The van der Waals surface area contributed by atoms with E-state index in [0.717, 1.165) is 29.6 Å². The molecule has 0 spiro atoms. The minimum atomic E-state index is 0.0594. The van der Waals surface area contributed by atoms with Gasteiger partial charge in [-0.3, -0.25) is 4.79 Å². The predicted molar refractivity (Wildman–Crippen MR) is 85.9 cm³/mol. The zero-order valence-electron chi connectivity index (χ0n) is 12.7. The highest BCUT2D eigenvalue weighted by atomic mass is 79.9. The molecule has 1 aromatic heterocycles. The van der Waals surface area contributed by atoms with Crippen molar-refractivity contribution in [1.82, 2.24) is 9.88 Å². The van der Waals surface area contributed by atoms with Gasteiger partial charge in [0.15, 0.2) is 0 Å². The summed E-state index contributed by atoms with van der Waals surface area (Å²) in [5.41, 5.74) is 0.966. The number of aromatic nitrogens is 1. The van der Waals surface area contributed by atoms with Crippen molar-refractivity contribution in [1.29, 1.82) is 0 Å². The number of rotatable bonds is 4. The second-order valence-corrected chi connectivity index (χ2v) is 7.41. The summed E-state index contributed by atoms with van der Waals surface area (Å²) in [5, 5.41) is 3.26. The van der Waals surface area contributed by atoms with E-state index in [0.29, 0.717) is 0 Å². The summed E-state index contributed by atoms with van der Waals surface area (Å²) in [4.78, 5) is 12.6. The van der Waals surface area contributed by atoms with Crippen molar-refractivity contribution < 1.29 is 4.79 Å². The van der Waals surface area contributed by atoms with Crippen LogP contribution >= 0.6 is 15.9 Å². The number of hydrogen-bond acceptors (Lipinski definition) is 1. The van der Waals surface area contributed by atoms with E-state index in [1.165, 1.54) is 19.3 Å². The number of amides is 1. The van der Waals surface area contributed by atoms with E-state index in [2.05, 4.69) is 42.0 Å². The Kier molecular flexibility index (Phi) is 4.95. The fourth-order valence-corrected chi connectivity index (χ4v) is 3.55. The van der Waals surface area contributed by atoms with Crippen molar-refractivity contribution in [3.63, 3.8) is 0 Å². The van der Waals surface area contributed by atoms with Gasteiger partial charge in [0.2, 0.25) is 0 Å². The second kappa shape index (κ2) is 6.33. The molecule has 1 fully saturated rings. The molecule has 1 aromatic rings. The molecule has 4 heteroatoms. The average molecular weight is 341 g/mol. The Morgan fingerprint density at radius 1 is 1.50 bits per heavy atom. The molecule has 1 heterocycles. The van der Waals surface area contributed by atoms with Crippen molar-refractivity contribution >= 4 is 21.8 Å². The van der Waals surface area contributed by atoms with Gasteiger partial charge in [-0.25, -0.2) is 0 Å². The second-order valence-electron chi connectivity index (χ2n) is 6.50. The highest BCUT2D eigenvalue weighted by molar-refractivity contribution is 9.10. The van der Waals surface area contributed by atoms with E-state index >= 15 is 0 Å². The first kappa shape index (κ1) is 15.6. The van der Waals surface area contributed by atoms with E-state index in [1.54, 1.807) is 0 Å². The van der Waals surface area contributed by atoms with Crippen LogP contribution in [0, 0.1) is 5.41 Å². The summed E-state index contributed by atoms with van der Waals surface area (Å²) in [6.45, 7) is 7.53. The maximum absolute atomic E-state index is 12.6. The fraction of sp³-hybridized carbons (Fsp3) is 0.688. The van der Waals surface area contributed by atoms with Gasteiger partial charge < -0.3 is 9.88 Å². The lowest BCUT2D eigenvalue weighted by Gasteiger charge is -2.39.